The van der Waals surface area contributed by atoms with Crippen molar-refractivity contribution >= 4 is 38.8 Å². The number of hydrogen-bond acceptors (Lipinski definition) is 4. The molecule has 0 aliphatic carbocycles. The predicted octanol–water partition coefficient (Wildman–Crippen LogP) is 2.54. The van der Waals surface area contributed by atoms with Gasteiger partial charge in [-0.05, 0) is 19.1 Å². The van der Waals surface area contributed by atoms with Crippen LogP contribution in [0.4, 0.5) is 5.69 Å². The SMILES string of the molecule is Cc1nc2ccc(NN)c(Cl)c2s1. The number of nitrogens with zero attached hydrogens (tertiary/aromatic N) is 1. The normalized spacial score (nSPS) is 10.7. The number of rotatable bonds is 1. The summed E-state index contributed by atoms with van der Waals surface area (Å²) in [7, 11) is 0. The lowest BCUT2D eigenvalue weighted by Gasteiger charge is -2.01. The molecule has 1 aromatic heterocycles. The van der Waals surface area contributed by atoms with Gasteiger partial charge in [-0.1, -0.05) is 11.6 Å². The fourth-order valence-corrected chi connectivity index (χ4v) is 2.37. The van der Waals surface area contributed by atoms with Gasteiger partial charge in [0, 0.05) is 0 Å². The number of nitrogens with one attached hydrogen (secondary N) is 1. The fraction of sp³-hybridized carbons (Fsp3) is 0.125. The maximum Gasteiger partial charge on any atom is 0.0908 e. The first-order valence-electron chi connectivity index (χ1n) is 3.74. The first kappa shape index (κ1) is 8.74. The van der Waals surface area contributed by atoms with Crippen LogP contribution in [0.3, 0.4) is 0 Å². The van der Waals surface area contributed by atoms with Gasteiger partial charge < -0.3 is 5.43 Å². The molecule has 2 aromatic rings. The van der Waals surface area contributed by atoms with E-state index in [1.807, 2.05) is 19.1 Å². The molecule has 3 N–H and O–H groups in total. The van der Waals surface area contributed by atoms with E-state index in [1.165, 1.54) is 0 Å². The predicted molar refractivity (Wildman–Crippen MR) is 57.2 cm³/mol. The molecule has 3 nitrogen and oxygen atoms in total. The molecule has 13 heavy (non-hydrogen) atoms. The van der Waals surface area contributed by atoms with E-state index in [-0.39, 0.29) is 0 Å². The topological polar surface area (TPSA) is 50.9 Å². The summed E-state index contributed by atoms with van der Waals surface area (Å²) in [5, 5.41) is 1.65. The molecule has 0 atom stereocenters. The number of anilines is 1. The van der Waals surface area contributed by atoms with Crippen molar-refractivity contribution in [3.63, 3.8) is 0 Å². The number of nitrogen functional groups attached to an aromatic ring is 1. The Bertz CT molecular complexity index is 452. The average Bonchev–Trinajstić information content (AvgIpc) is 2.47. The molecule has 0 aliphatic heterocycles. The van der Waals surface area contributed by atoms with E-state index in [9.17, 15) is 0 Å². The third-order valence-electron chi connectivity index (χ3n) is 1.76. The molecule has 2 rings (SSSR count). The van der Waals surface area contributed by atoms with Gasteiger partial charge in [-0.3, -0.25) is 5.84 Å². The molecular weight excluding hydrogens is 206 g/mol. The van der Waals surface area contributed by atoms with Crippen LogP contribution in [0.15, 0.2) is 12.1 Å². The van der Waals surface area contributed by atoms with Gasteiger partial charge in [0.15, 0.2) is 0 Å². The first-order valence-corrected chi connectivity index (χ1v) is 4.94. The Morgan fingerprint density at radius 3 is 3.00 bits per heavy atom. The van der Waals surface area contributed by atoms with E-state index >= 15 is 0 Å². The number of fused-ring (bicyclic) bond motifs is 1. The summed E-state index contributed by atoms with van der Waals surface area (Å²) < 4.78 is 0.981. The highest BCUT2D eigenvalue weighted by Gasteiger charge is 2.07. The van der Waals surface area contributed by atoms with Gasteiger partial charge in [0.2, 0.25) is 0 Å². The van der Waals surface area contributed by atoms with Crippen LogP contribution in [-0.2, 0) is 0 Å². The fourth-order valence-electron chi connectivity index (χ4n) is 1.18. The minimum atomic E-state index is 0.644. The van der Waals surface area contributed by atoms with Gasteiger partial charge in [-0.2, -0.15) is 0 Å². The Morgan fingerprint density at radius 2 is 2.31 bits per heavy atom. The zero-order valence-electron chi connectivity index (χ0n) is 6.97. The summed E-state index contributed by atoms with van der Waals surface area (Å²) in [6, 6.07) is 3.73. The highest BCUT2D eigenvalue weighted by atomic mass is 35.5. The summed E-state index contributed by atoms with van der Waals surface area (Å²) in [4.78, 5) is 4.31. The number of benzene rings is 1. The van der Waals surface area contributed by atoms with E-state index in [4.69, 9.17) is 17.4 Å². The van der Waals surface area contributed by atoms with Crippen molar-refractivity contribution in [2.75, 3.05) is 5.43 Å². The molecule has 0 fully saturated rings. The van der Waals surface area contributed by atoms with E-state index in [0.717, 1.165) is 20.9 Å². The molecule has 68 valence electrons. The number of nitrogens with two attached hydrogens (primary N) is 1. The lowest BCUT2D eigenvalue weighted by Crippen LogP contribution is -2.06. The first-order chi connectivity index (χ1) is 6.22. The minimum Gasteiger partial charge on any atom is -0.323 e. The second-order valence-corrected chi connectivity index (χ2v) is 4.23. The monoisotopic (exact) mass is 213 g/mol. The van der Waals surface area contributed by atoms with Gasteiger partial charge in [0.05, 0.1) is 25.9 Å². The molecule has 0 saturated heterocycles. The Hall–Kier alpha value is -0.840. The third-order valence-corrected chi connectivity index (χ3v) is 3.27. The van der Waals surface area contributed by atoms with Crippen LogP contribution in [0.2, 0.25) is 5.02 Å². The molecule has 1 aromatic carbocycles. The summed E-state index contributed by atoms with van der Waals surface area (Å²) in [5.74, 6) is 5.30. The summed E-state index contributed by atoms with van der Waals surface area (Å²) in [5.41, 5.74) is 4.20. The number of aromatic nitrogens is 1. The molecule has 0 bridgehead atoms. The van der Waals surface area contributed by atoms with Crippen LogP contribution in [-0.4, -0.2) is 4.98 Å². The third kappa shape index (κ3) is 1.37. The number of hydrogen-bond donors (Lipinski definition) is 2. The molecule has 0 saturated carbocycles. The molecule has 0 amide bonds. The Morgan fingerprint density at radius 1 is 1.54 bits per heavy atom. The number of halogens is 1. The molecule has 5 heteroatoms. The summed E-state index contributed by atoms with van der Waals surface area (Å²) >= 11 is 7.65. The van der Waals surface area contributed by atoms with Crippen LogP contribution in [0, 0.1) is 6.92 Å². The molecule has 0 radical (unpaired) electrons. The van der Waals surface area contributed by atoms with E-state index in [1.54, 1.807) is 11.3 Å². The van der Waals surface area contributed by atoms with Crippen molar-refractivity contribution in [1.29, 1.82) is 0 Å². The van der Waals surface area contributed by atoms with Crippen molar-refractivity contribution in [2.24, 2.45) is 5.84 Å². The smallest absolute Gasteiger partial charge is 0.0908 e. The van der Waals surface area contributed by atoms with Crippen LogP contribution < -0.4 is 11.3 Å². The van der Waals surface area contributed by atoms with Crippen LogP contribution in [0.1, 0.15) is 5.01 Å². The van der Waals surface area contributed by atoms with E-state index in [2.05, 4.69) is 10.4 Å². The van der Waals surface area contributed by atoms with Crippen molar-refractivity contribution in [3.8, 4) is 0 Å². The van der Waals surface area contributed by atoms with Gasteiger partial charge in [-0.25, -0.2) is 4.98 Å². The Kier molecular flexibility index (Phi) is 2.11. The maximum absolute atomic E-state index is 6.08. The van der Waals surface area contributed by atoms with Crippen LogP contribution in [0.5, 0.6) is 0 Å². The standard InChI is InChI=1S/C8H8ClN3S/c1-4-11-6-3-2-5(12-10)7(9)8(6)13-4/h2-3,12H,10H2,1H3. The number of thiazole rings is 1. The second-order valence-electron chi connectivity index (χ2n) is 2.65. The van der Waals surface area contributed by atoms with Crippen LogP contribution >= 0.6 is 22.9 Å². The van der Waals surface area contributed by atoms with E-state index in [0.29, 0.717) is 5.02 Å². The highest BCUT2D eigenvalue weighted by molar-refractivity contribution is 7.19. The molecule has 1 heterocycles. The largest absolute Gasteiger partial charge is 0.323 e. The van der Waals surface area contributed by atoms with Crippen molar-refractivity contribution in [2.45, 2.75) is 6.92 Å². The van der Waals surface area contributed by atoms with Gasteiger partial charge in [0.1, 0.15) is 0 Å². The van der Waals surface area contributed by atoms with Crippen molar-refractivity contribution < 1.29 is 0 Å². The Balaban J connectivity index is 2.78. The maximum atomic E-state index is 6.08. The molecule has 0 spiro atoms. The zero-order valence-corrected chi connectivity index (χ0v) is 8.54. The van der Waals surface area contributed by atoms with Crippen molar-refractivity contribution in [3.05, 3.63) is 22.2 Å². The Labute approximate surface area is 84.5 Å². The highest BCUT2D eigenvalue weighted by Crippen LogP contribution is 2.34. The van der Waals surface area contributed by atoms with Crippen molar-refractivity contribution in [1.82, 2.24) is 4.98 Å². The van der Waals surface area contributed by atoms with Gasteiger partial charge in [-0.15, -0.1) is 11.3 Å². The lowest BCUT2D eigenvalue weighted by molar-refractivity contribution is 1.34. The van der Waals surface area contributed by atoms with Crippen LogP contribution in [0.25, 0.3) is 10.2 Å². The number of hydrazine groups is 1. The lowest BCUT2D eigenvalue weighted by atomic mass is 10.3. The summed E-state index contributed by atoms with van der Waals surface area (Å²) in [6.07, 6.45) is 0. The zero-order chi connectivity index (χ0) is 9.42. The van der Waals surface area contributed by atoms with E-state index < -0.39 is 0 Å². The molecule has 0 unspecified atom stereocenters. The quantitative estimate of drug-likeness (QED) is 0.566. The summed E-state index contributed by atoms with van der Waals surface area (Å²) in [6.45, 7) is 1.95. The number of aryl methyl sites for hydroxylation is 1. The average molecular weight is 214 g/mol. The van der Waals surface area contributed by atoms with Gasteiger partial charge in [0.25, 0.3) is 0 Å². The molecular formula is C8H8ClN3S. The van der Waals surface area contributed by atoms with Gasteiger partial charge >= 0.3 is 0 Å². The molecule has 0 aliphatic rings. The minimum absolute atomic E-state index is 0.644. The second kappa shape index (κ2) is 3.14.